The first-order chi connectivity index (χ1) is 40.8. The molecule has 0 unspecified atom stereocenters. The van der Waals surface area contributed by atoms with Crippen molar-refractivity contribution >= 4 is 131 Å². The van der Waals surface area contributed by atoms with Crippen LogP contribution in [0.2, 0.25) is 0 Å². The summed E-state index contributed by atoms with van der Waals surface area (Å²) in [4.78, 5) is 58.4. The maximum absolute atomic E-state index is 11.8. The molecule has 20 heteroatoms. The van der Waals surface area contributed by atoms with Crippen molar-refractivity contribution in [2.24, 2.45) is 14.1 Å². The predicted molar refractivity (Wildman–Crippen MR) is 349 cm³/mol. The van der Waals surface area contributed by atoms with Gasteiger partial charge in [0.05, 0.1) is 43.0 Å². The summed E-state index contributed by atoms with van der Waals surface area (Å²) in [5, 5.41) is 23.5. The van der Waals surface area contributed by atoms with E-state index >= 15 is 0 Å². The molecule has 3 N–H and O–H groups in total. The number of hydrogen-bond acceptors (Lipinski definition) is 15. The fraction of sp³-hybridized carbons (Fsp3) is 0.266. The van der Waals surface area contributed by atoms with Crippen LogP contribution in [0.1, 0.15) is 90.6 Å². The largest absolute Gasteiger partial charge is 0.317 e. The maximum Gasteiger partial charge on any atom is 0.221 e. The van der Waals surface area contributed by atoms with Crippen LogP contribution >= 0.6 is 68.0 Å². The number of thiazole rings is 3. The summed E-state index contributed by atoms with van der Waals surface area (Å²) in [7, 11) is 3.85. The Morgan fingerprint density at radius 1 is 0.417 bits per heavy atom. The van der Waals surface area contributed by atoms with E-state index in [1.165, 1.54) is 69.8 Å². The van der Waals surface area contributed by atoms with Crippen LogP contribution in [0.3, 0.4) is 0 Å². The van der Waals surface area contributed by atoms with Crippen LogP contribution in [0.5, 0.6) is 0 Å². The van der Waals surface area contributed by atoms with Crippen LogP contribution in [0, 0.1) is 0 Å². The molecule has 84 heavy (non-hydrogen) atoms. The van der Waals surface area contributed by atoms with Crippen molar-refractivity contribution in [1.29, 1.82) is 0 Å². The van der Waals surface area contributed by atoms with Crippen LogP contribution in [0.15, 0.2) is 104 Å². The van der Waals surface area contributed by atoms with Crippen LogP contribution in [-0.2, 0) is 67.0 Å². The molecule has 12 aromatic rings. The zero-order valence-corrected chi connectivity index (χ0v) is 52.0. The minimum atomic E-state index is -0.0279. The Balaban J connectivity index is 0.000000118. The molecule has 9 heterocycles. The number of rotatable bonds is 9. The molecule has 0 saturated carbocycles. The Bertz CT molecular complexity index is 4290. The zero-order valence-electron chi connectivity index (χ0n) is 47.1. The summed E-state index contributed by atoms with van der Waals surface area (Å²) >= 11 is 10.3. The molecule has 3 aliphatic rings. The Morgan fingerprint density at radius 2 is 0.798 bits per heavy atom. The lowest BCUT2D eigenvalue weighted by molar-refractivity contribution is -0.115. The second-order valence-electron chi connectivity index (χ2n) is 21.4. The number of benzene rings is 3. The fourth-order valence-electron chi connectivity index (χ4n) is 11.4. The molecule has 0 aliphatic heterocycles. The van der Waals surface area contributed by atoms with E-state index in [9.17, 15) is 14.4 Å². The van der Waals surface area contributed by atoms with Gasteiger partial charge in [0.15, 0.2) is 0 Å². The van der Waals surface area contributed by atoms with Gasteiger partial charge in [-0.2, -0.15) is 10.2 Å². The van der Waals surface area contributed by atoms with Crippen molar-refractivity contribution in [3.8, 4) is 65.1 Å². The number of nitrogens with one attached hydrogen (secondary N) is 3. The summed E-state index contributed by atoms with van der Waals surface area (Å²) in [6.45, 7) is 4.71. The third-order valence-electron chi connectivity index (χ3n) is 15.3. The molecule has 14 nitrogen and oxygen atoms in total. The summed E-state index contributed by atoms with van der Waals surface area (Å²) in [6.07, 6.45) is 25.2. The van der Waals surface area contributed by atoms with Gasteiger partial charge in [-0.1, -0.05) is 18.2 Å². The van der Waals surface area contributed by atoms with Crippen LogP contribution in [0.4, 0.5) is 15.0 Å². The number of pyridine rings is 1. The van der Waals surface area contributed by atoms with Crippen molar-refractivity contribution < 1.29 is 14.4 Å². The molecule has 3 aromatic carbocycles. The van der Waals surface area contributed by atoms with Gasteiger partial charge in [0.2, 0.25) is 17.7 Å². The first-order valence-corrected chi connectivity index (χ1v) is 33.1. The van der Waals surface area contributed by atoms with Gasteiger partial charge in [0.25, 0.3) is 0 Å². The predicted octanol–water partition coefficient (Wildman–Crippen LogP) is 16.4. The lowest BCUT2D eigenvalue weighted by atomic mass is 9.96. The van der Waals surface area contributed by atoms with E-state index < -0.39 is 0 Å². The third-order valence-corrected chi connectivity index (χ3v) is 22.0. The second-order valence-corrected chi connectivity index (χ2v) is 27.8. The average molecular weight is 1220 g/mol. The van der Waals surface area contributed by atoms with Gasteiger partial charge in [-0.15, -0.1) is 68.0 Å². The number of carbonyl (C=O) groups is 3. The van der Waals surface area contributed by atoms with Crippen molar-refractivity contribution in [2.75, 3.05) is 16.0 Å². The van der Waals surface area contributed by atoms with E-state index in [-0.39, 0.29) is 17.7 Å². The number of fused-ring (bicyclic) bond motifs is 6. The molecule has 0 bridgehead atoms. The van der Waals surface area contributed by atoms with Crippen molar-refractivity contribution in [3.63, 3.8) is 0 Å². The van der Waals surface area contributed by atoms with Gasteiger partial charge in [0.1, 0.15) is 30.0 Å². The van der Waals surface area contributed by atoms with Gasteiger partial charge in [-0.25, -0.2) is 15.0 Å². The van der Waals surface area contributed by atoms with Crippen molar-refractivity contribution in [3.05, 3.63) is 135 Å². The van der Waals surface area contributed by atoms with Crippen LogP contribution < -0.4 is 16.0 Å². The van der Waals surface area contributed by atoms with Gasteiger partial charge < -0.3 is 16.0 Å². The van der Waals surface area contributed by atoms with Gasteiger partial charge in [-0.3, -0.25) is 28.7 Å². The number of aromatic nitrogens is 8. The van der Waals surface area contributed by atoms with Crippen LogP contribution in [-0.4, -0.2) is 57.2 Å². The number of amides is 3. The highest BCUT2D eigenvalue weighted by Crippen LogP contribution is 2.50. The average Bonchev–Trinajstić information content (AvgIpc) is 2.63. The molecule has 9 aromatic heterocycles. The van der Waals surface area contributed by atoms with E-state index in [1.807, 2.05) is 72.8 Å². The van der Waals surface area contributed by atoms with E-state index in [2.05, 4.69) is 85.7 Å². The normalized spacial score (nSPS) is 13.6. The van der Waals surface area contributed by atoms with E-state index in [0.29, 0.717) is 0 Å². The number of anilines is 3. The number of carbonyl (C=O) groups excluding carboxylic acids is 3. The van der Waals surface area contributed by atoms with Crippen molar-refractivity contribution in [2.45, 2.75) is 97.8 Å². The highest BCUT2D eigenvalue weighted by molar-refractivity contribution is 7.24. The maximum atomic E-state index is 11.8. The van der Waals surface area contributed by atoms with E-state index in [4.69, 9.17) is 15.0 Å². The lowest BCUT2D eigenvalue weighted by Gasteiger charge is -2.11. The van der Waals surface area contributed by atoms with Crippen molar-refractivity contribution in [1.82, 2.24) is 39.5 Å². The molecular weight excluding hydrogens is 1160 g/mol. The third kappa shape index (κ3) is 11.5. The minimum absolute atomic E-state index is 0.0269. The quantitative estimate of drug-likeness (QED) is 0.127. The lowest BCUT2D eigenvalue weighted by Crippen LogP contribution is -2.05. The molecule has 0 radical (unpaired) electrons. The zero-order chi connectivity index (χ0) is 57.6. The first kappa shape index (κ1) is 55.6. The molecule has 3 aliphatic carbocycles. The fourth-order valence-corrected chi connectivity index (χ4v) is 18.8. The summed E-state index contributed by atoms with van der Waals surface area (Å²) in [5.74, 6) is -0.0828. The number of aryl methyl sites for hydroxylation is 5. The van der Waals surface area contributed by atoms with E-state index in [1.54, 1.807) is 88.8 Å². The monoisotopic (exact) mass is 1220 g/mol. The molecular formula is C64H59N11O3S6. The Labute approximate surface area is 509 Å². The topological polar surface area (TPSA) is 174 Å². The highest BCUT2D eigenvalue weighted by Gasteiger charge is 2.28. The number of nitrogens with zero attached hydrogens (tertiary/aromatic N) is 8. The summed E-state index contributed by atoms with van der Waals surface area (Å²) < 4.78 is 7.10. The summed E-state index contributed by atoms with van der Waals surface area (Å²) in [6, 6.07) is 23.2. The molecule has 0 spiro atoms. The molecule has 424 valence electrons. The molecule has 15 rings (SSSR count). The number of hydrogen-bond donors (Lipinski definition) is 3. The Kier molecular flexibility index (Phi) is 15.8. The van der Waals surface area contributed by atoms with Crippen LogP contribution in [0.25, 0.3) is 95.7 Å². The smallest absolute Gasteiger partial charge is 0.221 e. The molecule has 0 atom stereocenters. The molecule has 0 saturated heterocycles. The van der Waals surface area contributed by atoms with Gasteiger partial charge >= 0.3 is 0 Å². The van der Waals surface area contributed by atoms with E-state index in [0.717, 1.165) is 149 Å². The standard InChI is InChI=1S/C22H19N3OS2.2C21H20N4OS2/c1-13(26)24-21-20(16-4-2-3-5-18(16)27-21)22-25-17-12-15(6-7-19(17)28-22)14-8-10-23-11-9-14;1-12(26)23-20-19(15-5-3-4-6-17(15)27-20)21-24-16-9-13(7-8-18(16)28-21)14-10-22-25(2)11-14;1-12(26)23-20-19(15-5-3-4-6-17(15)27-20)21-24-16-8-7-13(9-18(16)28-21)14-10-22-25(2)11-14/h6-12H,2-5H2,1H3,(H,24,26);2*7-11H,3-6H2,1-2H3,(H,23,26). The Hall–Kier alpha value is -7.59. The SMILES string of the molecule is CC(=O)Nc1sc2c(c1-c1nc3cc(-c4ccncc4)ccc3s1)CCCC2.CC(=O)Nc1sc2c(c1-c1nc3cc(-c4cnn(C)c4)ccc3s1)CCCC2.CC(=O)Nc1sc2c(c1-c1nc3ccc(-c4cnn(C)c4)cc3s1)CCCC2. The van der Waals surface area contributed by atoms with Gasteiger partial charge in [0, 0.05) is 102 Å². The molecule has 3 amide bonds. The Morgan fingerprint density at radius 3 is 1.21 bits per heavy atom. The number of thiophene rings is 3. The second kappa shape index (κ2) is 23.8. The summed E-state index contributed by atoms with van der Waals surface area (Å²) in [5.41, 5.74) is 17.3. The molecule has 0 fully saturated rings. The minimum Gasteiger partial charge on any atom is -0.317 e. The van der Waals surface area contributed by atoms with Gasteiger partial charge in [-0.05, 0) is 165 Å². The first-order valence-electron chi connectivity index (χ1n) is 28.2. The highest BCUT2D eigenvalue weighted by atomic mass is 32.1.